The summed E-state index contributed by atoms with van der Waals surface area (Å²) in [5.74, 6) is -0.828. The first-order valence-corrected chi connectivity index (χ1v) is 5.60. The van der Waals surface area contributed by atoms with Crippen molar-refractivity contribution >= 4 is 5.97 Å². The van der Waals surface area contributed by atoms with Gasteiger partial charge in [-0.1, -0.05) is 0 Å². The molecule has 0 unspecified atom stereocenters. The molecule has 16 heavy (non-hydrogen) atoms. The number of carbonyl (C=O) groups is 1. The number of hydrogen-bond acceptors (Lipinski definition) is 5. The van der Waals surface area contributed by atoms with Crippen LogP contribution in [-0.2, 0) is 14.3 Å². The smallest absolute Gasteiger partial charge is 0.313 e. The molecule has 92 valence electrons. The number of hydrogen-bond donors (Lipinski definition) is 1. The van der Waals surface area contributed by atoms with E-state index in [-0.39, 0.29) is 18.1 Å². The summed E-state index contributed by atoms with van der Waals surface area (Å²) >= 11 is 0. The van der Waals surface area contributed by atoms with Gasteiger partial charge in [0.2, 0.25) is 0 Å². The van der Waals surface area contributed by atoms with Gasteiger partial charge in [-0.2, -0.15) is 0 Å². The number of ether oxygens (including phenoxy) is 2. The van der Waals surface area contributed by atoms with Crippen molar-refractivity contribution in [2.24, 2.45) is 5.92 Å². The largest absolute Gasteiger partial charge is 0.469 e. The molecule has 0 spiro atoms. The minimum atomic E-state index is -0.612. The first-order chi connectivity index (χ1) is 7.60. The third-order valence-corrected chi connectivity index (χ3v) is 4.00. The summed E-state index contributed by atoms with van der Waals surface area (Å²) in [5, 5.41) is 10.00. The molecule has 2 aliphatic rings. The van der Waals surface area contributed by atoms with E-state index in [9.17, 15) is 9.90 Å². The van der Waals surface area contributed by atoms with Gasteiger partial charge < -0.3 is 14.6 Å². The van der Waals surface area contributed by atoms with Crippen LogP contribution in [0.1, 0.15) is 12.8 Å². The molecule has 5 atom stereocenters. The minimum Gasteiger partial charge on any atom is -0.469 e. The quantitative estimate of drug-likeness (QED) is 0.655. The molecule has 2 saturated heterocycles. The zero-order valence-corrected chi connectivity index (χ0v) is 9.92. The Kier molecular flexibility index (Phi) is 3.19. The third-order valence-electron chi connectivity index (χ3n) is 4.00. The Balaban J connectivity index is 2.25. The predicted molar refractivity (Wildman–Crippen MR) is 56.9 cm³/mol. The zero-order chi connectivity index (χ0) is 11.9. The fraction of sp³-hybridized carbons (Fsp3) is 0.909. The van der Waals surface area contributed by atoms with Gasteiger partial charge in [-0.3, -0.25) is 9.69 Å². The summed E-state index contributed by atoms with van der Waals surface area (Å²) in [6.45, 7) is 0. The summed E-state index contributed by atoms with van der Waals surface area (Å²) in [4.78, 5) is 13.8. The lowest BCUT2D eigenvalue weighted by Crippen LogP contribution is -2.54. The standard InChI is InChI=1S/C11H19NO4/c1-12-6-4-7(13)9(11(14)16-3)10(12)8(5-6)15-2/h6-10,13H,4-5H2,1-3H3/t6-,7+,8-,9-,10-/m1/s1. The number of fused-ring (bicyclic) bond motifs is 2. The van der Waals surface area contributed by atoms with E-state index in [1.165, 1.54) is 7.11 Å². The maximum Gasteiger partial charge on any atom is 0.313 e. The monoisotopic (exact) mass is 229 g/mol. The molecule has 0 aromatic heterocycles. The van der Waals surface area contributed by atoms with Crippen LogP contribution >= 0.6 is 0 Å². The number of methoxy groups -OCH3 is 2. The fourth-order valence-corrected chi connectivity index (χ4v) is 3.15. The minimum absolute atomic E-state index is 0.0104. The normalized spacial score (nSPS) is 43.4. The molecule has 2 heterocycles. The van der Waals surface area contributed by atoms with E-state index in [0.29, 0.717) is 12.5 Å². The number of nitrogens with zero attached hydrogens (tertiary/aromatic N) is 1. The molecular weight excluding hydrogens is 210 g/mol. The van der Waals surface area contributed by atoms with Gasteiger partial charge in [0.15, 0.2) is 0 Å². The lowest BCUT2D eigenvalue weighted by molar-refractivity contribution is -0.158. The molecule has 0 amide bonds. The Hall–Kier alpha value is -0.650. The van der Waals surface area contributed by atoms with Crippen molar-refractivity contribution in [2.45, 2.75) is 37.1 Å². The fourth-order valence-electron chi connectivity index (χ4n) is 3.15. The summed E-state index contributed by atoms with van der Waals surface area (Å²) in [5.41, 5.74) is 0. The maximum atomic E-state index is 11.7. The third kappa shape index (κ3) is 1.63. The number of rotatable bonds is 2. The predicted octanol–water partition coefficient (Wildman–Crippen LogP) is -0.372. The highest BCUT2D eigenvalue weighted by Crippen LogP contribution is 2.40. The van der Waals surface area contributed by atoms with Gasteiger partial charge in [-0.15, -0.1) is 0 Å². The highest BCUT2D eigenvalue weighted by molar-refractivity contribution is 5.74. The molecular formula is C11H19NO4. The van der Waals surface area contributed by atoms with Crippen molar-refractivity contribution < 1.29 is 19.4 Å². The average Bonchev–Trinajstić information content (AvgIpc) is 2.48. The molecule has 5 heteroatoms. The molecule has 1 N–H and O–H groups in total. The molecule has 5 nitrogen and oxygen atoms in total. The van der Waals surface area contributed by atoms with E-state index in [4.69, 9.17) is 9.47 Å². The second-order valence-electron chi connectivity index (χ2n) is 4.67. The van der Waals surface area contributed by atoms with Gasteiger partial charge in [0.25, 0.3) is 0 Å². The first kappa shape index (κ1) is 11.8. The summed E-state index contributed by atoms with van der Waals surface area (Å²) < 4.78 is 10.2. The second kappa shape index (κ2) is 4.31. The summed E-state index contributed by atoms with van der Waals surface area (Å²) in [6.07, 6.45) is 0.893. The Morgan fingerprint density at radius 1 is 1.38 bits per heavy atom. The van der Waals surface area contributed by atoms with Gasteiger partial charge in [0.1, 0.15) is 5.92 Å². The van der Waals surface area contributed by atoms with Gasteiger partial charge in [-0.05, 0) is 19.9 Å². The number of likely N-dealkylation sites (N-methyl/N-ethyl adjacent to an activating group) is 1. The lowest BCUT2D eigenvalue weighted by atomic mass is 9.87. The molecule has 2 aliphatic heterocycles. The van der Waals surface area contributed by atoms with Crippen LogP contribution in [0.25, 0.3) is 0 Å². The number of aliphatic hydroxyl groups is 1. The second-order valence-corrected chi connectivity index (χ2v) is 4.67. The lowest BCUT2D eigenvalue weighted by Gasteiger charge is -2.39. The summed E-state index contributed by atoms with van der Waals surface area (Å²) in [7, 11) is 4.99. The van der Waals surface area contributed by atoms with E-state index in [1.807, 2.05) is 7.05 Å². The molecule has 2 fully saturated rings. The van der Waals surface area contributed by atoms with Crippen LogP contribution in [0, 0.1) is 5.92 Å². The molecule has 0 aromatic rings. The van der Waals surface area contributed by atoms with Crippen LogP contribution in [0.15, 0.2) is 0 Å². The van der Waals surface area contributed by atoms with Crippen LogP contribution in [0.3, 0.4) is 0 Å². The van der Waals surface area contributed by atoms with E-state index in [1.54, 1.807) is 7.11 Å². The molecule has 2 bridgehead atoms. The Bertz CT molecular complexity index is 283. The van der Waals surface area contributed by atoms with Crippen molar-refractivity contribution in [1.29, 1.82) is 0 Å². The Morgan fingerprint density at radius 3 is 2.62 bits per heavy atom. The van der Waals surface area contributed by atoms with E-state index in [2.05, 4.69) is 4.90 Å². The molecule has 0 radical (unpaired) electrons. The van der Waals surface area contributed by atoms with Crippen molar-refractivity contribution in [1.82, 2.24) is 4.90 Å². The van der Waals surface area contributed by atoms with Crippen LogP contribution in [0.5, 0.6) is 0 Å². The van der Waals surface area contributed by atoms with E-state index >= 15 is 0 Å². The number of carbonyl (C=O) groups excluding carboxylic acids is 1. The topological polar surface area (TPSA) is 59.0 Å². The highest BCUT2D eigenvalue weighted by atomic mass is 16.5. The number of esters is 1. The Labute approximate surface area is 95.3 Å². The van der Waals surface area contributed by atoms with Crippen LogP contribution in [0.4, 0.5) is 0 Å². The molecule has 0 aromatic carbocycles. The zero-order valence-electron chi connectivity index (χ0n) is 9.92. The summed E-state index contributed by atoms with van der Waals surface area (Å²) in [6, 6.07) is 0.247. The Morgan fingerprint density at radius 2 is 2.06 bits per heavy atom. The van der Waals surface area contributed by atoms with Crippen molar-refractivity contribution in [3.63, 3.8) is 0 Å². The highest BCUT2D eigenvalue weighted by Gasteiger charge is 2.53. The number of piperidine rings is 1. The average molecular weight is 229 g/mol. The van der Waals surface area contributed by atoms with E-state index < -0.39 is 12.0 Å². The SMILES string of the molecule is COC(=O)[C@H]1[C@H]2[C@H](OC)C[C@@H](C[C@@H]1O)N2C. The van der Waals surface area contributed by atoms with E-state index in [0.717, 1.165) is 6.42 Å². The van der Waals surface area contributed by atoms with Gasteiger partial charge in [0.05, 0.1) is 25.4 Å². The van der Waals surface area contributed by atoms with Crippen molar-refractivity contribution in [2.75, 3.05) is 21.3 Å². The van der Waals surface area contributed by atoms with Crippen LogP contribution in [-0.4, -0.2) is 61.5 Å². The van der Waals surface area contributed by atoms with Crippen LogP contribution in [0.2, 0.25) is 0 Å². The molecule has 2 rings (SSSR count). The van der Waals surface area contributed by atoms with Crippen molar-refractivity contribution in [3.8, 4) is 0 Å². The van der Waals surface area contributed by atoms with Gasteiger partial charge in [0, 0.05) is 13.2 Å². The number of aliphatic hydroxyl groups excluding tert-OH is 1. The maximum absolute atomic E-state index is 11.7. The molecule has 0 aliphatic carbocycles. The van der Waals surface area contributed by atoms with Crippen molar-refractivity contribution in [3.05, 3.63) is 0 Å². The molecule has 0 saturated carbocycles. The van der Waals surface area contributed by atoms with Gasteiger partial charge in [-0.25, -0.2) is 0 Å². The first-order valence-electron chi connectivity index (χ1n) is 5.60. The van der Waals surface area contributed by atoms with Gasteiger partial charge >= 0.3 is 5.97 Å². The van der Waals surface area contributed by atoms with Crippen LogP contribution < -0.4 is 0 Å².